The van der Waals surface area contributed by atoms with Gasteiger partial charge in [0.15, 0.2) is 5.16 Å². The van der Waals surface area contributed by atoms with Gasteiger partial charge in [-0.1, -0.05) is 11.8 Å². The average Bonchev–Trinajstić information content (AvgIpc) is 3.10. The Morgan fingerprint density at radius 1 is 0.864 bits per heavy atom. The fourth-order valence-electron chi connectivity index (χ4n) is 2.71. The summed E-state index contributed by atoms with van der Waals surface area (Å²) < 4.78 is 2.22. The molecule has 0 unspecified atom stereocenters. The highest BCUT2D eigenvalue weighted by molar-refractivity contribution is 7.99. The van der Waals surface area contributed by atoms with Gasteiger partial charge in [0.2, 0.25) is 0 Å². The van der Waals surface area contributed by atoms with Gasteiger partial charge in [-0.05, 0) is 48.5 Å². The second-order valence-corrected chi connectivity index (χ2v) is 6.25. The van der Waals surface area contributed by atoms with Crippen molar-refractivity contribution in [1.29, 1.82) is 0 Å². The summed E-state index contributed by atoms with van der Waals surface area (Å²) in [7, 11) is 0. The average molecular weight is 310 g/mol. The van der Waals surface area contributed by atoms with Crippen molar-refractivity contribution in [2.45, 2.75) is 11.7 Å². The maximum Gasteiger partial charge on any atom is 0.169 e. The summed E-state index contributed by atoms with van der Waals surface area (Å²) in [6.07, 6.45) is 0. The van der Waals surface area contributed by atoms with Crippen LogP contribution in [0.4, 0.5) is 0 Å². The maximum atomic E-state index is 9.51. The standard InChI is InChI=1S/C17H14N2O2S/c20-13-5-1-11(2-6-13)15-16(12-3-7-14(21)8-4-12)19-9-10-22-17(19)18-15/h1-8,20-21H,9-10H2. The molecule has 1 aliphatic heterocycles. The molecule has 0 saturated carbocycles. The molecule has 110 valence electrons. The summed E-state index contributed by atoms with van der Waals surface area (Å²) in [5.74, 6) is 1.53. The van der Waals surface area contributed by atoms with Gasteiger partial charge in [-0.25, -0.2) is 4.98 Å². The lowest BCUT2D eigenvalue weighted by Gasteiger charge is -2.08. The van der Waals surface area contributed by atoms with E-state index in [-0.39, 0.29) is 11.5 Å². The van der Waals surface area contributed by atoms with E-state index in [1.165, 1.54) is 0 Å². The predicted octanol–water partition coefficient (Wildman–Crippen LogP) is 3.73. The van der Waals surface area contributed by atoms with Crippen molar-refractivity contribution in [3.05, 3.63) is 48.5 Å². The van der Waals surface area contributed by atoms with Crippen LogP contribution in [0.5, 0.6) is 11.5 Å². The maximum absolute atomic E-state index is 9.51. The van der Waals surface area contributed by atoms with Crippen molar-refractivity contribution < 1.29 is 10.2 Å². The minimum Gasteiger partial charge on any atom is -0.508 e. The number of rotatable bonds is 2. The fourth-order valence-corrected chi connectivity index (χ4v) is 3.66. The number of aromatic hydroxyl groups is 2. The zero-order chi connectivity index (χ0) is 15.1. The van der Waals surface area contributed by atoms with E-state index in [9.17, 15) is 10.2 Å². The number of thioether (sulfide) groups is 1. The molecule has 0 radical (unpaired) electrons. The Morgan fingerprint density at radius 3 is 2.09 bits per heavy atom. The van der Waals surface area contributed by atoms with Gasteiger partial charge in [-0.2, -0.15) is 0 Å². The minimum atomic E-state index is 0.246. The molecule has 1 aromatic heterocycles. The molecule has 1 aliphatic rings. The van der Waals surface area contributed by atoms with Crippen LogP contribution in [0.25, 0.3) is 22.5 Å². The summed E-state index contributed by atoms with van der Waals surface area (Å²) >= 11 is 1.75. The molecule has 0 atom stereocenters. The SMILES string of the molecule is Oc1ccc(-c2nc3n(c2-c2ccc(O)cc2)CCS3)cc1. The van der Waals surface area contributed by atoms with E-state index in [0.717, 1.165) is 40.0 Å². The zero-order valence-electron chi connectivity index (χ0n) is 11.7. The zero-order valence-corrected chi connectivity index (χ0v) is 12.5. The van der Waals surface area contributed by atoms with Crippen LogP contribution in [0.2, 0.25) is 0 Å². The Balaban J connectivity index is 1.92. The number of phenolic OH excluding ortho intramolecular Hbond substituents is 2. The van der Waals surface area contributed by atoms with Crippen molar-refractivity contribution in [2.24, 2.45) is 0 Å². The smallest absolute Gasteiger partial charge is 0.169 e. The molecule has 22 heavy (non-hydrogen) atoms. The molecule has 2 heterocycles. The molecule has 2 aromatic carbocycles. The third kappa shape index (κ3) is 2.14. The summed E-state index contributed by atoms with van der Waals surface area (Å²) in [5.41, 5.74) is 3.98. The van der Waals surface area contributed by atoms with E-state index >= 15 is 0 Å². The lowest BCUT2D eigenvalue weighted by molar-refractivity contribution is 0.475. The number of aromatic nitrogens is 2. The molecular weight excluding hydrogens is 296 g/mol. The van der Waals surface area contributed by atoms with E-state index in [2.05, 4.69) is 4.57 Å². The molecule has 0 amide bonds. The number of hydrogen-bond donors (Lipinski definition) is 2. The van der Waals surface area contributed by atoms with Gasteiger partial charge in [0.05, 0.1) is 11.4 Å². The highest BCUT2D eigenvalue weighted by Crippen LogP contribution is 2.39. The second-order valence-electron chi connectivity index (χ2n) is 5.19. The van der Waals surface area contributed by atoms with Crippen molar-refractivity contribution in [3.63, 3.8) is 0 Å². The van der Waals surface area contributed by atoms with Gasteiger partial charge < -0.3 is 14.8 Å². The van der Waals surface area contributed by atoms with Crippen molar-refractivity contribution in [3.8, 4) is 34.0 Å². The third-order valence-electron chi connectivity index (χ3n) is 3.76. The van der Waals surface area contributed by atoms with Gasteiger partial charge in [0.1, 0.15) is 11.5 Å². The molecule has 0 fully saturated rings. The number of fused-ring (bicyclic) bond motifs is 1. The molecule has 0 bridgehead atoms. The first-order chi connectivity index (χ1) is 10.7. The molecular formula is C17H14N2O2S. The first-order valence-corrected chi connectivity index (χ1v) is 8.03. The summed E-state index contributed by atoms with van der Waals surface area (Å²) in [6.45, 7) is 0.932. The van der Waals surface area contributed by atoms with Gasteiger partial charge in [0, 0.05) is 23.4 Å². The molecule has 2 N–H and O–H groups in total. The van der Waals surface area contributed by atoms with Crippen LogP contribution in [0.1, 0.15) is 0 Å². The van der Waals surface area contributed by atoms with E-state index in [1.54, 1.807) is 36.0 Å². The Labute approximate surface area is 132 Å². The number of imidazole rings is 1. The highest BCUT2D eigenvalue weighted by atomic mass is 32.2. The van der Waals surface area contributed by atoms with Crippen molar-refractivity contribution in [1.82, 2.24) is 9.55 Å². The molecule has 5 heteroatoms. The Hall–Kier alpha value is -2.40. The third-order valence-corrected chi connectivity index (χ3v) is 4.72. The van der Waals surface area contributed by atoms with Crippen LogP contribution in [-0.4, -0.2) is 25.5 Å². The Bertz CT molecular complexity index is 823. The van der Waals surface area contributed by atoms with Crippen LogP contribution in [0.3, 0.4) is 0 Å². The largest absolute Gasteiger partial charge is 0.508 e. The minimum absolute atomic E-state index is 0.246. The van der Waals surface area contributed by atoms with Crippen molar-refractivity contribution in [2.75, 3.05) is 5.75 Å². The fraction of sp³-hybridized carbons (Fsp3) is 0.118. The Morgan fingerprint density at radius 2 is 1.45 bits per heavy atom. The van der Waals surface area contributed by atoms with E-state index in [4.69, 9.17) is 4.98 Å². The molecule has 3 aromatic rings. The molecule has 4 rings (SSSR count). The van der Waals surface area contributed by atoms with Gasteiger partial charge in [-0.15, -0.1) is 0 Å². The molecule has 0 saturated heterocycles. The quantitative estimate of drug-likeness (QED) is 0.757. The first-order valence-electron chi connectivity index (χ1n) is 7.04. The number of hydrogen-bond acceptors (Lipinski definition) is 4. The monoisotopic (exact) mass is 310 g/mol. The number of nitrogens with zero attached hydrogens (tertiary/aromatic N) is 2. The van der Waals surface area contributed by atoms with E-state index in [1.807, 2.05) is 24.3 Å². The van der Waals surface area contributed by atoms with Crippen molar-refractivity contribution >= 4 is 11.8 Å². The number of benzene rings is 2. The second kappa shape index (κ2) is 5.10. The lowest BCUT2D eigenvalue weighted by Crippen LogP contribution is -1.97. The van der Waals surface area contributed by atoms with Crippen LogP contribution in [-0.2, 0) is 6.54 Å². The van der Waals surface area contributed by atoms with Crippen LogP contribution < -0.4 is 0 Å². The molecule has 4 nitrogen and oxygen atoms in total. The summed E-state index contributed by atoms with van der Waals surface area (Å²) in [4.78, 5) is 4.77. The highest BCUT2D eigenvalue weighted by Gasteiger charge is 2.23. The van der Waals surface area contributed by atoms with E-state index in [0.29, 0.717) is 0 Å². The van der Waals surface area contributed by atoms with Crippen LogP contribution in [0, 0.1) is 0 Å². The summed E-state index contributed by atoms with van der Waals surface area (Å²) in [6, 6.07) is 14.3. The van der Waals surface area contributed by atoms with Gasteiger partial charge in [-0.3, -0.25) is 0 Å². The normalized spacial score (nSPS) is 13.3. The Kier molecular flexibility index (Phi) is 3.08. The van der Waals surface area contributed by atoms with E-state index < -0.39 is 0 Å². The summed E-state index contributed by atoms with van der Waals surface area (Å²) in [5, 5.41) is 20.0. The van der Waals surface area contributed by atoms with Gasteiger partial charge >= 0.3 is 0 Å². The topological polar surface area (TPSA) is 58.3 Å². The number of phenols is 2. The van der Waals surface area contributed by atoms with Crippen LogP contribution >= 0.6 is 11.8 Å². The van der Waals surface area contributed by atoms with Gasteiger partial charge in [0.25, 0.3) is 0 Å². The lowest BCUT2D eigenvalue weighted by atomic mass is 10.0. The van der Waals surface area contributed by atoms with Crippen LogP contribution in [0.15, 0.2) is 53.7 Å². The first kappa shape index (κ1) is 13.3. The molecule has 0 spiro atoms. The molecule has 0 aliphatic carbocycles. The predicted molar refractivity (Wildman–Crippen MR) is 87.2 cm³/mol.